The molecule has 2 N–H and O–H groups in total. The summed E-state index contributed by atoms with van der Waals surface area (Å²) in [5, 5.41) is 1.49. The first-order chi connectivity index (χ1) is 11.1. The van der Waals surface area contributed by atoms with Crippen LogP contribution in [0.25, 0.3) is 10.8 Å². The fraction of sp³-hybridized carbons (Fsp3) is 0.167. The Morgan fingerprint density at radius 2 is 1.87 bits per heavy atom. The maximum atomic E-state index is 12.6. The fourth-order valence-electron chi connectivity index (χ4n) is 2.59. The molecule has 3 aromatic rings. The van der Waals surface area contributed by atoms with Gasteiger partial charge in [-0.05, 0) is 35.7 Å². The maximum absolute atomic E-state index is 12.6. The van der Waals surface area contributed by atoms with Gasteiger partial charge in [0.2, 0.25) is 0 Å². The zero-order chi connectivity index (χ0) is 16.4. The molecule has 2 aromatic carbocycles. The van der Waals surface area contributed by atoms with Crippen molar-refractivity contribution in [1.29, 1.82) is 0 Å². The summed E-state index contributed by atoms with van der Waals surface area (Å²) < 4.78 is 12.2. The van der Waals surface area contributed by atoms with E-state index in [-0.39, 0.29) is 5.56 Å². The number of hydrogen-bond donors (Lipinski definition) is 1. The lowest BCUT2D eigenvalue weighted by Crippen LogP contribution is -2.20. The summed E-state index contributed by atoms with van der Waals surface area (Å²) in [4.78, 5) is 12.6. The largest absolute Gasteiger partial charge is 0.497 e. The van der Waals surface area contributed by atoms with Crippen LogP contribution < -0.4 is 20.8 Å². The van der Waals surface area contributed by atoms with E-state index in [0.717, 1.165) is 10.9 Å². The molecule has 0 aliphatic carbocycles. The van der Waals surface area contributed by atoms with E-state index in [0.29, 0.717) is 29.1 Å². The number of benzene rings is 2. The molecule has 5 heteroatoms. The standard InChI is InChI=1S/C18H18N2O3/c1-22-15-6-4-13(17(10-15)23-2)11-20-8-7-12-3-5-14(19)9-16(12)18(20)21/h3-10H,11,19H2,1-2H3. The molecule has 5 nitrogen and oxygen atoms in total. The van der Waals surface area contributed by atoms with Crippen LogP contribution in [0.3, 0.4) is 0 Å². The Bertz CT molecular complexity index is 916. The molecular formula is C18H18N2O3. The van der Waals surface area contributed by atoms with E-state index in [1.54, 1.807) is 43.2 Å². The van der Waals surface area contributed by atoms with Gasteiger partial charge in [0.1, 0.15) is 11.5 Å². The maximum Gasteiger partial charge on any atom is 0.258 e. The highest BCUT2D eigenvalue weighted by Crippen LogP contribution is 2.25. The summed E-state index contributed by atoms with van der Waals surface area (Å²) >= 11 is 0. The molecule has 1 heterocycles. The summed E-state index contributed by atoms with van der Waals surface area (Å²) in [6.45, 7) is 0.413. The number of fused-ring (bicyclic) bond motifs is 1. The molecule has 23 heavy (non-hydrogen) atoms. The van der Waals surface area contributed by atoms with Gasteiger partial charge in [0, 0.05) is 28.9 Å². The van der Waals surface area contributed by atoms with E-state index in [1.807, 2.05) is 24.3 Å². The van der Waals surface area contributed by atoms with Crippen LogP contribution in [0.4, 0.5) is 5.69 Å². The summed E-state index contributed by atoms with van der Waals surface area (Å²) in [6, 6.07) is 12.8. The summed E-state index contributed by atoms with van der Waals surface area (Å²) in [6.07, 6.45) is 1.78. The van der Waals surface area contributed by atoms with E-state index in [2.05, 4.69) is 0 Å². The van der Waals surface area contributed by atoms with Gasteiger partial charge in [-0.3, -0.25) is 4.79 Å². The van der Waals surface area contributed by atoms with Crippen molar-refractivity contribution in [1.82, 2.24) is 4.57 Å². The highest BCUT2D eigenvalue weighted by Gasteiger charge is 2.09. The lowest BCUT2D eigenvalue weighted by atomic mass is 10.1. The SMILES string of the molecule is COc1ccc(Cn2ccc3ccc(N)cc3c2=O)c(OC)c1. The Balaban J connectivity index is 2.05. The smallest absolute Gasteiger partial charge is 0.258 e. The minimum Gasteiger partial charge on any atom is -0.497 e. The van der Waals surface area contributed by atoms with Crippen LogP contribution in [0.1, 0.15) is 5.56 Å². The van der Waals surface area contributed by atoms with Crippen LogP contribution in [0.2, 0.25) is 0 Å². The van der Waals surface area contributed by atoms with Crippen molar-refractivity contribution >= 4 is 16.5 Å². The number of nitrogen functional groups attached to an aromatic ring is 1. The van der Waals surface area contributed by atoms with Gasteiger partial charge in [0.05, 0.1) is 20.8 Å². The number of rotatable bonds is 4. The molecule has 0 atom stereocenters. The second-order valence-electron chi connectivity index (χ2n) is 5.27. The Kier molecular flexibility index (Phi) is 3.93. The van der Waals surface area contributed by atoms with Gasteiger partial charge in [-0.25, -0.2) is 0 Å². The topological polar surface area (TPSA) is 66.5 Å². The number of hydrogen-bond acceptors (Lipinski definition) is 4. The predicted octanol–water partition coefficient (Wildman–Crippen LogP) is 2.65. The van der Waals surface area contributed by atoms with Gasteiger partial charge in [0.15, 0.2) is 0 Å². The monoisotopic (exact) mass is 310 g/mol. The second-order valence-corrected chi connectivity index (χ2v) is 5.27. The molecule has 0 aliphatic heterocycles. The number of anilines is 1. The van der Waals surface area contributed by atoms with E-state index in [1.165, 1.54) is 0 Å². The molecule has 0 aliphatic rings. The first kappa shape index (κ1) is 15.0. The molecule has 0 fully saturated rings. The minimum atomic E-state index is -0.0762. The van der Waals surface area contributed by atoms with E-state index < -0.39 is 0 Å². The van der Waals surface area contributed by atoms with Gasteiger partial charge in [-0.1, -0.05) is 6.07 Å². The number of ether oxygens (including phenoxy) is 2. The Morgan fingerprint density at radius 1 is 1.04 bits per heavy atom. The van der Waals surface area contributed by atoms with Gasteiger partial charge in [0.25, 0.3) is 5.56 Å². The van der Waals surface area contributed by atoms with Crippen molar-refractivity contribution in [2.45, 2.75) is 6.54 Å². The zero-order valence-corrected chi connectivity index (χ0v) is 13.1. The van der Waals surface area contributed by atoms with Crippen molar-refractivity contribution in [3.05, 3.63) is 64.6 Å². The van der Waals surface area contributed by atoms with Crippen LogP contribution in [-0.4, -0.2) is 18.8 Å². The average Bonchev–Trinajstić information content (AvgIpc) is 2.58. The van der Waals surface area contributed by atoms with Crippen molar-refractivity contribution in [2.24, 2.45) is 0 Å². The van der Waals surface area contributed by atoms with Crippen molar-refractivity contribution < 1.29 is 9.47 Å². The number of nitrogens with two attached hydrogens (primary N) is 1. The molecule has 0 unspecified atom stereocenters. The third-order valence-corrected chi connectivity index (χ3v) is 3.84. The van der Waals surface area contributed by atoms with E-state index in [9.17, 15) is 4.79 Å². The molecule has 0 saturated carbocycles. The van der Waals surface area contributed by atoms with E-state index >= 15 is 0 Å². The van der Waals surface area contributed by atoms with Crippen LogP contribution in [0, 0.1) is 0 Å². The molecule has 0 amide bonds. The molecule has 3 rings (SSSR count). The van der Waals surface area contributed by atoms with Crippen molar-refractivity contribution in [3.63, 3.8) is 0 Å². The van der Waals surface area contributed by atoms with E-state index in [4.69, 9.17) is 15.2 Å². The summed E-state index contributed by atoms with van der Waals surface area (Å²) in [5.74, 6) is 1.40. The number of pyridine rings is 1. The highest BCUT2D eigenvalue weighted by atomic mass is 16.5. The minimum absolute atomic E-state index is 0.0762. The molecule has 1 aromatic heterocycles. The molecule has 118 valence electrons. The number of nitrogens with zero attached hydrogens (tertiary/aromatic N) is 1. The molecule has 0 bridgehead atoms. The number of methoxy groups -OCH3 is 2. The van der Waals surface area contributed by atoms with Crippen molar-refractivity contribution in [3.8, 4) is 11.5 Å². The Morgan fingerprint density at radius 3 is 2.61 bits per heavy atom. The summed E-state index contributed by atoms with van der Waals surface area (Å²) in [7, 11) is 3.20. The van der Waals surface area contributed by atoms with Crippen LogP contribution in [0.5, 0.6) is 11.5 Å². The molecule has 0 radical (unpaired) electrons. The first-order valence-corrected chi connectivity index (χ1v) is 7.22. The predicted molar refractivity (Wildman–Crippen MR) is 91.3 cm³/mol. The summed E-state index contributed by atoms with van der Waals surface area (Å²) in [5.41, 5.74) is 7.19. The van der Waals surface area contributed by atoms with Gasteiger partial charge >= 0.3 is 0 Å². The molecule has 0 saturated heterocycles. The quantitative estimate of drug-likeness (QED) is 0.752. The lowest BCUT2D eigenvalue weighted by Gasteiger charge is -2.12. The molecular weight excluding hydrogens is 292 g/mol. The lowest BCUT2D eigenvalue weighted by molar-refractivity contribution is 0.390. The van der Waals surface area contributed by atoms with Crippen LogP contribution >= 0.6 is 0 Å². The zero-order valence-electron chi connectivity index (χ0n) is 13.1. The fourth-order valence-corrected chi connectivity index (χ4v) is 2.59. The average molecular weight is 310 g/mol. The Labute approximate surface area is 133 Å². The van der Waals surface area contributed by atoms with Gasteiger partial charge in [-0.15, -0.1) is 0 Å². The Hall–Kier alpha value is -2.95. The third-order valence-electron chi connectivity index (χ3n) is 3.84. The van der Waals surface area contributed by atoms with Gasteiger partial charge < -0.3 is 19.8 Å². The van der Waals surface area contributed by atoms with Crippen molar-refractivity contribution in [2.75, 3.05) is 20.0 Å². The van der Waals surface area contributed by atoms with Crippen LogP contribution in [-0.2, 0) is 6.54 Å². The number of aromatic nitrogens is 1. The second kappa shape index (κ2) is 6.04. The van der Waals surface area contributed by atoms with Gasteiger partial charge in [-0.2, -0.15) is 0 Å². The molecule has 0 spiro atoms. The normalized spacial score (nSPS) is 10.7. The highest BCUT2D eigenvalue weighted by molar-refractivity contribution is 5.84. The third kappa shape index (κ3) is 2.85. The first-order valence-electron chi connectivity index (χ1n) is 7.22. The van der Waals surface area contributed by atoms with Crippen LogP contribution in [0.15, 0.2) is 53.5 Å².